The van der Waals surface area contributed by atoms with Gasteiger partial charge < -0.3 is 14.6 Å². The lowest BCUT2D eigenvalue weighted by Gasteiger charge is -2.33. The summed E-state index contributed by atoms with van der Waals surface area (Å²) < 4.78 is 10.7. The highest BCUT2D eigenvalue weighted by Gasteiger charge is 2.41. The molecule has 1 N–H and O–H groups in total. The Balaban J connectivity index is 2.14. The van der Waals surface area contributed by atoms with Gasteiger partial charge in [0.05, 0.1) is 18.8 Å². The fourth-order valence-corrected chi connectivity index (χ4v) is 2.02. The van der Waals surface area contributed by atoms with Gasteiger partial charge in [0.25, 0.3) is 0 Å². The van der Waals surface area contributed by atoms with Crippen LogP contribution in [0.5, 0.6) is 0 Å². The molecule has 68 valence electrons. The lowest BCUT2D eigenvalue weighted by atomic mass is 9.89. The number of hydrogen-bond donors (Lipinski definition) is 1. The topological polar surface area (TPSA) is 38.7 Å². The van der Waals surface area contributed by atoms with Gasteiger partial charge >= 0.3 is 0 Å². The van der Waals surface area contributed by atoms with Crippen LogP contribution in [0, 0.1) is 5.92 Å². The first-order valence-corrected chi connectivity index (χ1v) is 4.31. The molecular formula is C9H14O3. The number of ether oxygens (including phenoxy) is 2. The van der Waals surface area contributed by atoms with Gasteiger partial charge in [-0.2, -0.15) is 0 Å². The lowest BCUT2D eigenvalue weighted by Crippen LogP contribution is -2.41. The average molecular weight is 170 g/mol. The Morgan fingerprint density at radius 3 is 3.08 bits per heavy atom. The van der Waals surface area contributed by atoms with Gasteiger partial charge in [-0.15, -0.1) is 0 Å². The van der Waals surface area contributed by atoms with Crippen molar-refractivity contribution >= 4 is 0 Å². The normalized spacial score (nSPS) is 47.7. The van der Waals surface area contributed by atoms with Crippen LogP contribution in [0.4, 0.5) is 0 Å². The van der Waals surface area contributed by atoms with Gasteiger partial charge in [-0.3, -0.25) is 0 Å². The average Bonchev–Trinajstić information content (AvgIpc) is 2.33. The van der Waals surface area contributed by atoms with Crippen molar-refractivity contribution in [3.63, 3.8) is 0 Å². The van der Waals surface area contributed by atoms with E-state index in [4.69, 9.17) is 9.47 Å². The van der Waals surface area contributed by atoms with Crippen LogP contribution in [0.2, 0.25) is 0 Å². The van der Waals surface area contributed by atoms with Crippen LogP contribution < -0.4 is 0 Å². The largest absolute Gasteiger partial charge is 0.371 e. The van der Waals surface area contributed by atoms with Crippen molar-refractivity contribution in [2.75, 3.05) is 6.61 Å². The predicted molar refractivity (Wildman–Crippen MR) is 43.5 cm³/mol. The Hall–Kier alpha value is -0.380. The van der Waals surface area contributed by atoms with E-state index in [2.05, 4.69) is 6.58 Å². The van der Waals surface area contributed by atoms with Crippen molar-refractivity contribution in [1.82, 2.24) is 0 Å². The van der Waals surface area contributed by atoms with E-state index in [1.165, 1.54) is 0 Å². The number of rotatable bonds is 0. The molecule has 3 heteroatoms. The minimum Gasteiger partial charge on any atom is -0.371 e. The minimum absolute atomic E-state index is 0.0157. The third-order valence-corrected chi connectivity index (χ3v) is 2.67. The van der Waals surface area contributed by atoms with Gasteiger partial charge in [0.1, 0.15) is 0 Å². The van der Waals surface area contributed by atoms with Gasteiger partial charge in [-0.1, -0.05) is 6.58 Å². The fraction of sp³-hybridized carbons (Fsp3) is 0.778. The van der Waals surface area contributed by atoms with E-state index in [0.29, 0.717) is 18.9 Å². The third kappa shape index (κ3) is 1.18. The van der Waals surface area contributed by atoms with Gasteiger partial charge in [0.2, 0.25) is 0 Å². The van der Waals surface area contributed by atoms with Crippen molar-refractivity contribution in [1.29, 1.82) is 0 Å². The molecule has 0 aromatic heterocycles. The summed E-state index contributed by atoms with van der Waals surface area (Å²) in [6.07, 6.45) is 0.0898. The van der Waals surface area contributed by atoms with Gasteiger partial charge in [0.15, 0.2) is 6.29 Å². The maximum absolute atomic E-state index is 9.33. The van der Waals surface area contributed by atoms with Gasteiger partial charge in [0, 0.05) is 12.3 Å². The highest BCUT2D eigenvalue weighted by molar-refractivity contribution is 5.11. The lowest BCUT2D eigenvalue weighted by molar-refractivity contribution is -0.203. The molecule has 0 radical (unpaired) electrons. The summed E-state index contributed by atoms with van der Waals surface area (Å²) in [6.45, 7) is 6.47. The number of aliphatic hydroxyl groups excluding tert-OH is 1. The van der Waals surface area contributed by atoms with E-state index in [0.717, 1.165) is 5.57 Å². The van der Waals surface area contributed by atoms with Crippen molar-refractivity contribution in [3.05, 3.63) is 12.2 Å². The molecule has 2 rings (SSSR count). The Bertz CT molecular complexity index is 202. The second kappa shape index (κ2) is 2.83. The molecule has 0 bridgehead atoms. The molecule has 0 aromatic rings. The molecule has 4 atom stereocenters. The first kappa shape index (κ1) is 8.23. The monoisotopic (exact) mass is 170 g/mol. The van der Waals surface area contributed by atoms with E-state index in [1.54, 1.807) is 0 Å². The van der Waals surface area contributed by atoms with Gasteiger partial charge in [-0.25, -0.2) is 0 Å². The van der Waals surface area contributed by atoms with E-state index in [1.807, 2.05) is 6.92 Å². The molecule has 0 aromatic carbocycles. The molecule has 0 amide bonds. The molecule has 2 fully saturated rings. The first-order valence-electron chi connectivity index (χ1n) is 4.31. The first-order chi connectivity index (χ1) is 5.68. The number of aliphatic hydroxyl groups is 1. The molecule has 12 heavy (non-hydrogen) atoms. The molecule has 3 nitrogen and oxygen atoms in total. The summed E-state index contributed by atoms with van der Waals surface area (Å²) in [7, 11) is 0. The maximum atomic E-state index is 9.33. The van der Waals surface area contributed by atoms with Crippen molar-refractivity contribution in [2.24, 2.45) is 5.92 Å². The minimum atomic E-state index is -0.639. The molecule has 4 unspecified atom stereocenters. The Morgan fingerprint density at radius 2 is 2.33 bits per heavy atom. The summed E-state index contributed by atoms with van der Waals surface area (Å²) in [6, 6.07) is 0. The summed E-state index contributed by atoms with van der Waals surface area (Å²) in [5, 5.41) is 9.33. The second-order valence-electron chi connectivity index (χ2n) is 3.57. The predicted octanol–water partition coefficient (Wildman–Crippen LogP) is 0.685. The van der Waals surface area contributed by atoms with Crippen LogP contribution in [0.25, 0.3) is 0 Å². The second-order valence-corrected chi connectivity index (χ2v) is 3.57. The SMILES string of the molecule is C=C1COC2C(C)OC(O)CC12. The fourth-order valence-electron chi connectivity index (χ4n) is 2.02. The van der Waals surface area contributed by atoms with Crippen LogP contribution in [-0.2, 0) is 9.47 Å². The van der Waals surface area contributed by atoms with E-state index in [9.17, 15) is 5.11 Å². The van der Waals surface area contributed by atoms with Crippen LogP contribution in [0.3, 0.4) is 0 Å². The zero-order valence-electron chi connectivity index (χ0n) is 7.19. The van der Waals surface area contributed by atoms with Gasteiger partial charge in [-0.05, 0) is 12.5 Å². The van der Waals surface area contributed by atoms with Crippen molar-refractivity contribution in [2.45, 2.75) is 31.8 Å². The standard InChI is InChI=1S/C9H14O3/c1-5-4-11-9-6(2)12-8(10)3-7(5)9/h6-10H,1,3-4H2,2H3. The molecule has 2 heterocycles. The molecule has 0 aliphatic carbocycles. The summed E-state index contributed by atoms with van der Waals surface area (Å²) in [4.78, 5) is 0. The zero-order valence-corrected chi connectivity index (χ0v) is 7.19. The van der Waals surface area contributed by atoms with Crippen LogP contribution in [0.1, 0.15) is 13.3 Å². The van der Waals surface area contributed by atoms with E-state index in [-0.39, 0.29) is 12.2 Å². The van der Waals surface area contributed by atoms with Crippen LogP contribution >= 0.6 is 0 Å². The van der Waals surface area contributed by atoms with E-state index >= 15 is 0 Å². The Kier molecular flexibility index (Phi) is 1.94. The highest BCUT2D eigenvalue weighted by atomic mass is 16.6. The highest BCUT2D eigenvalue weighted by Crippen LogP contribution is 2.36. The third-order valence-electron chi connectivity index (χ3n) is 2.67. The molecule has 2 saturated heterocycles. The van der Waals surface area contributed by atoms with E-state index < -0.39 is 6.29 Å². The van der Waals surface area contributed by atoms with Crippen molar-refractivity contribution < 1.29 is 14.6 Å². The Labute approximate surface area is 72.0 Å². The quantitative estimate of drug-likeness (QED) is 0.543. The Morgan fingerprint density at radius 1 is 1.58 bits per heavy atom. The summed E-state index contributed by atoms with van der Waals surface area (Å²) >= 11 is 0. The molecule has 0 saturated carbocycles. The number of fused-ring (bicyclic) bond motifs is 1. The zero-order chi connectivity index (χ0) is 8.72. The summed E-state index contributed by atoms with van der Waals surface area (Å²) in [5.41, 5.74) is 1.09. The van der Waals surface area contributed by atoms with Crippen LogP contribution in [0.15, 0.2) is 12.2 Å². The maximum Gasteiger partial charge on any atom is 0.155 e. The molecule has 0 spiro atoms. The molecule has 2 aliphatic heterocycles. The molecule has 2 aliphatic rings. The summed E-state index contributed by atoms with van der Waals surface area (Å²) in [5.74, 6) is 0.295. The smallest absolute Gasteiger partial charge is 0.155 e. The number of hydrogen-bond acceptors (Lipinski definition) is 3. The molecular weight excluding hydrogens is 156 g/mol. The van der Waals surface area contributed by atoms with Crippen LogP contribution in [-0.4, -0.2) is 30.2 Å². The van der Waals surface area contributed by atoms with Crippen molar-refractivity contribution in [3.8, 4) is 0 Å².